The monoisotopic (exact) mass is 297 g/mol. The van der Waals surface area contributed by atoms with E-state index >= 15 is 0 Å². The second-order valence-corrected chi connectivity index (χ2v) is 4.59. The number of aromatic hydroxyl groups is 1. The fourth-order valence-electron chi connectivity index (χ4n) is 0.876. The molecule has 4 heteroatoms. The molecular formula is C8H9ClINO. The predicted molar refractivity (Wildman–Crippen MR) is 58.4 cm³/mol. The van der Waals surface area contributed by atoms with Crippen LogP contribution in [0.3, 0.4) is 0 Å². The minimum absolute atomic E-state index is 0.302. The summed E-state index contributed by atoms with van der Waals surface area (Å²) in [6.07, 6.45) is 0.896. The lowest BCUT2D eigenvalue weighted by Gasteiger charge is -2.03. The average molecular weight is 298 g/mol. The van der Waals surface area contributed by atoms with Crippen molar-refractivity contribution in [2.45, 2.75) is 6.42 Å². The number of phenolic OH excluding ortho intramolecular Hbond substituents is 1. The van der Waals surface area contributed by atoms with E-state index in [9.17, 15) is 0 Å². The molecule has 0 aliphatic carbocycles. The number of rotatable bonds is 3. The third-order valence-electron chi connectivity index (χ3n) is 1.51. The van der Waals surface area contributed by atoms with Crippen LogP contribution < -0.4 is 0 Å². The normalized spacial score (nSPS) is 10.6. The molecule has 0 aliphatic rings. The van der Waals surface area contributed by atoms with E-state index in [0.29, 0.717) is 5.75 Å². The van der Waals surface area contributed by atoms with E-state index in [4.69, 9.17) is 16.9 Å². The van der Waals surface area contributed by atoms with Gasteiger partial charge in [0.15, 0.2) is 0 Å². The highest BCUT2D eigenvalue weighted by atomic mass is 127. The first-order valence-corrected chi connectivity index (χ1v) is 4.86. The Morgan fingerprint density at radius 2 is 1.92 bits per heavy atom. The minimum atomic E-state index is 0.302. The molecule has 0 radical (unpaired) electrons. The van der Waals surface area contributed by atoms with Crippen LogP contribution in [0.15, 0.2) is 24.3 Å². The van der Waals surface area contributed by atoms with Crippen molar-refractivity contribution in [2.24, 2.45) is 0 Å². The predicted octanol–water partition coefficient (Wildman–Crippen LogP) is 2.74. The van der Waals surface area contributed by atoms with Gasteiger partial charge in [-0.05, 0) is 35.9 Å². The highest BCUT2D eigenvalue weighted by Crippen LogP contribution is 2.11. The van der Waals surface area contributed by atoms with Gasteiger partial charge in [-0.2, -0.15) is 2.63 Å². The molecule has 12 heavy (non-hydrogen) atoms. The first-order valence-electron chi connectivity index (χ1n) is 3.55. The molecule has 0 saturated carbocycles. The third-order valence-corrected chi connectivity index (χ3v) is 2.16. The van der Waals surface area contributed by atoms with Gasteiger partial charge in [0.25, 0.3) is 0 Å². The average Bonchev–Trinajstić information content (AvgIpc) is 2.03. The standard InChI is InChI=1S/C8H9ClINO/c9-11(10)6-5-7-1-3-8(12)4-2-7/h1-4,12H,5-6H2. The maximum atomic E-state index is 9.00. The molecule has 1 aromatic rings. The van der Waals surface area contributed by atoms with E-state index in [1.54, 1.807) is 14.8 Å². The molecule has 0 spiro atoms. The van der Waals surface area contributed by atoms with E-state index in [1.807, 2.05) is 35.0 Å². The molecular weight excluding hydrogens is 288 g/mol. The topological polar surface area (TPSA) is 23.5 Å². The number of benzene rings is 1. The SMILES string of the molecule is Oc1ccc(CCN(Cl)I)cc1. The largest absolute Gasteiger partial charge is 0.508 e. The zero-order valence-corrected chi connectivity index (χ0v) is 9.29. The van der Waals surface area contributed by atoms with Gasteiger partial charge in [-0.15, -0.1) is 0 Å². The summed E-state index contributed by atoms with van der Waals surface area (Å²) >= 11 is 7.65. The highest BCUT2D eigenvalue weighted by Gasteiger charge is 1.96. The Morgan fingerprint density at radius 1 is 1.33 bits per heavy atom. The molecule has 0 saturated heterocycles. The van der Waals surface area contributed by atoms with E-state index in [-0.39, 0.29) is 0 Å². The Kier molecular flexibility index (Phi) is 4.11. The van der Waals surface area contributed by atoms with Gasteiger partial charge in [-0.1, -0.05) is 12.1 Å². The van der Waals surface area contributed by atoms with Crippen LogP contribution in [0.2, 0.25) is 0 Å². The summed E-state index contributed by atoms with van der Waals surface area (Å²) in [7, 11) is 0. The van der Waals surface area contributed by atoms with E-state index in [2.05, 4.69) is 0 Å². The van der Waals surface area contributed by atoms with E-state index < -0.39 is 0 Å². The molecule has 1 rings (SSSR count). The zero-order chi connectivity index (χ0) is 8.97. The van der Waals surface area contributed by atoms with Crippen LogP contribution in [0.4, 0.5) is 0 Å². The van der Waals surface area contributed by atoms with Crippen molar-refractivity contribution in [1.82, 2.24) is 2.63 Å². The minimum Gasteiger partial charge on any atom is -0.508 e. The van der Waals surface area contributed by atoms with Crippen molar-refractivity contribution >= 4 is 34.6 Å². The van der Waals surface area contributed by atoms with E-state index in [0.717, 1.165) is 13.0 Å². The lowest BCUT2D eigenvalue weighted by atomic mass is 10.1. The van der Waals surface area contributed by atoms with Crippen LogP contribution in [-0.2, 0) is 6.42 Å². The van der Waals surface area contributed by atoms with Gasteiger partial charge in [0.2, 0.25) is 0 Å². The van der Waals surface area contributed by atoms with Crippen molar-refractivity contribution in [3.05, 3.63) is 29.8 Å². The van der Waals surface area contributed by atoms with Crippen LogP contribution in [0, 0.1) is 0 Å². The summed E-state index contributed by atoms with van der Waals surface area (Å²) < 4.78 is 1.59. The quantitative estimate of drug-likeness (QED) is 0.685. The second-order valence-electron chi connectivity index (χ2n) is 2.44. The summed E-state index contributed by atoms with van der Waals surface area (Å²) in [5.41, 5.74) is 1.18. The van der Waals surface area contributed by atoms with Crippen LogP contribution >= 0.6 is 34.6 Å². The number of hydrogen-bond acceptors (Lipinski definition) is 2. The van der Waals surface area contributed by atoms with Crippen LogP contribution in [0.5, 0.6) is 5.75 Å². The molecule has 0 aliphatic heterocycles. The molecule has 0 unspecified atom stereocenters. The molecule has 2 nitrogen and oxygen atoms in total. The maximum Gasteiger partial charge on any atom is 0.115 e. The number of nitrogens with zero attached hydrogens (tertiary/aromatic N) is 1. The van der Waals surface area contributed by atoms with Gasteiger partial charge in [-0.3, -0.25) is 0 Å². The van der Waals surface area contributed by atoms with Gasteiger partial charge in [0.1, 0.15) is 5.75 Å². The van der Waals surface area contributed by atoms with Crippen LogP contribution in [0.1, 0.15) is 5.56 Å². The molecule has 0 aromatic heterocycles. The second kappa shape index (κ2) is 4.89. The van der Waals surface area contributed by atoms with Crippen molar-refractivity contribution < 1.29 is 5.11 Å². The lowest BCUT2D eigenvalue weighted by molar-refractivity contribution is 0.475. The Morgan fingerprint density at radius 3 is 2.42 bits per heavy atom. The Hall–Kier alpha value is -0.000000000000000167. The zero-order valence-electron chi connectivity index (χ0n) is 6.37. The molecule has 66 valence electrons. The highest BCUT2D eigenvalue weighted by molar-refractivity contribution is 14.1. The fourth-order valence-corrected chi connectivity index (χ4v) is 1.20. The molecule has 0 heterocycles. The van der Waals surface area contributed by atoms with Gasteiger partial charge < -0.3 is 5.11 Å². The number of halogens is 2. The summed E-state index contributed by atoms with van der Waals surface area (Å²) in [4.78, 5) is 0. The summed E-state index contributed by atoms with van der Waals surface area (Å²) in [6.45, 7) is 0.799. The molecule has 1 N–H and O–H groups in total. The Bertz CT molecular complexity index is 237. The molecule has 1 aromatic carbocycles. The van der Waals surface area contributed by atoms with Crippen LogP contribution in [-0.4, -0.2) is 14.3 Å². The summed E-state index contributed by atoms with van der Waals surface area (Å²) in [6, 6.07) is 7.15. The number of hydrogen-bond donors (Lipinski definition) is 1. The first-order chi connectivity index (χ1) is 5.68. The smallest absolute Gasteiger partial charge is 0.115 e. The van der Waals surface area contributed by atoms with Gasteiger partial charge in [-0.25, -0.2) is 0 Å². The third kappa shape index (κ3) is 3.60. The van der Waals surface area contributed by atoms with Crippen molar-refractivity contribution in [3.8, 4) is 5.75 Å². The first kappa shape index (κ1) is 10.1. The van der Waals surface area contributed by atoms with Crippen LogP contribution in [0.25, 0.3) is 0 Å². The summed E-state index contributed by atoms with van der Waals surface area (Å²) in [5.74, 6) is 0.302. The Labute approximate surface area is 90.7 Å². The van der Waals surface area contributed by atoms with Crippen molar-refractivity contribution in [1.29, 1.82) is 0 Å². The van der Waals surface area contributed by atoms with E-state index in [1.165, 1.54) is 5.56 Å². The van der Waals surface area contributed by atoms with Gasteiger partial charge >= 0.3 is 0 Å². The summed E-state index contributed by atoms with van der Waals surface area (Å²) in [5, 5.41) is 9.00. The number of phenols is 1. The van der Waals surface area contributed by atoms with Gasteiger partial charge in [0.05, 0.1) is 0 Å². The van der Waals surface area contributed by atoms with Gasteiger partial charge in [0, 0.05) is 29.4 Å². The maximum absolute atomic E-state index is 9.00. The lowest BCUT2D eigenvalue weighted by Crippen LogP contribution is -2.02. The van der Waals surface area contributed by atoms with Crippen molar-refractivity contribution in [3.63, 3.8) is 0 Å². The molecule has 0 atom stereocenters. The molecule has 0 amide bonds. The fraction of sp³-hybridized carbons (Fsp3) is 0.250. The molecule has 0 fully saturated rings. The Balaban J connectivity index is 2.48. The van der Waals surface area contributed by atoms with Crippen molar-refractivity contribution in [2.75, 3.05) is 6.54 Å². The molecule has 0 bridgehead atoms.